The van der Waals surface area contributed by atoms with Crippen LogP contribution < -0.4 is 4.72 Å². The van der Waals surface area contributed by atoms with Crippen LogP contribution in [0, 0.1) is 0 Å². The lowest BCUT2D eigenvalue weighted by Gasteiger charge is -2.05. The minimum absolute atomic E-state index is 0.184. The van der Waals surface area contributed by atoms with E-state index in [9.17, 15) is 8.42 Å². The van der Waals surface area contributed by atoms with Gasteiger partial charge in [0.05, 0.1) is 23.5 Å². The van der Waals surface area contributed by atoms with Crippen molar-refractivity contribution in [1.29, 1.82) is 0 Å². The Kier molecular flexibility index (Phi) is 5.24. The first-order valence-corrected chi connectivity index (χ1v) is 7.22. The van der Waals surface area contributed by atoms with Crippen LogP contribution in [-0.4, -0.2) is 30.5 Å². The Morgan fingerprint density at radius 3 is 2.88 bits per heavy atom. The molecule has 0 saturated heterocycles. The van der Waals surface area contributed by atoms with Gasteiger partial charge in [-0.3, -0.25) is 4.68 Å². The predicted molar refractivity (Wildman–Crippen MR) is 63.9 cm³/mol. The van der Waals surface area contributed by atoms with Crippen molar-refractivity contribution in [2.75, 3.05) is 12.3 Å². The summed E-state index contributed by atoms with van der Waals surface area (Å²) in [5.41, 5.74) is 0. The van der Waals surface area contributed by atoms with Crippen molar-refractivity contribution in [3.63, 3.8) is 0 Å². The van der Waals surface area contributed by atoms with E-state index in [4.69, 9.17) is 11.6 Å². The number of hydrogen-bond donors (Lipinski definition) is 1. The minimum Gasteiger partial charge on any atom is -0.270 e. The third-order valence-electron chi connectivity index (χ3n) is 2.03. The fourth-order valence-electron chi connectivity index (χ4n) is 1.18. The Morgan fingerprint density at radius 1 is 1.56 bits per heavy atom. The monoisotopic (exact) mass is 265 g/mol. The molecule has 0 saturated carbocycles. The molecule has 0 aliphatic rings. The summed E-state index contributed by atoms with van der Waals surface area (Å²) in [6.07, 6.45) is 4.73. The van der Waals surface area contributed by atoms with Crippen molar-refractivity contribution in [2.24, 2.45) is 0 Å². The molecule has 5 nitrogen and oxygen atoms in total. The van der Waals surface area contributed by atoms with Crippen molar-refractivity contribution >= 4 is 21.6 Å². The van der Waals surface area contributed by atoms with Crippen LogP contribution >= 0.6 is 11.6 Å². The average molecular weight is 266 g/mol. The lowest BCUT2D eigenvalue weighted by atomic mass is 10.4. The number of halogens is 1. The molecule has 0 fully saturated rings. The van der Waals surface area contributed by atoms with Gasteiger partial charge in [-0.2, -0.15) is 5.10 Å². The quantitative estimate of drug-likeness (QED) is 0.807. The Bertz CT molecular complexity index is 416. The molecule has 0 amide bonds. The van der Waals surface area contributed by atoms with Crippen LogP contribution in [0.2, 0.25) is 5.02 Å². The smallest absolute Gasteiger partial charge is 0.211 e. The van der Waals surface area contributed by atoms with E-state index in [0.29, 0.717) is 24.5 Å². The predicted octanol–water partition coefficient (Wildman–Crippen LogP) is 1.26. The maximum Gasteiger partial charge on any atom is 0.211 e. The highest BCUT2D eigenvalue weighted by molar-refractivity contribution is 7.89. The lowest BCUT2D eigenvalue weighted by molar-refractivity contribution is 0.558. The van der Waals surface area contributed by atoms with E-state index in [1.54, 1.807) is 10.9 Å². The maximum absolute atomic E-state index is 11.4. The van der Waals surface area contributed by atoms with Crippen LogP contribution in [0.4, 0.5) is 0 Å². The first-order valence-electron chi connectivity index (χ1n) is 5.19. The standard InChI is InChI=1S/C9H16ClN3O2S/c1-2-3-6-16(14,15)12-4-5-13-8-9(10)7-11-13/h7-8,12H,2-6H2,1H3. The number of nitrogens with zero attached hydrogens (tertiary/aromatic N) is 2. The second-order valence-electron chi connectivity index (χ2n) is 3.49. The van der Waals surface area contributed by atoms with E-state index >= 15 is 0 Å². The highest BCUT2D eigenvalue weighted by Crippen LogP contribution is 2.03. The molecular weight excluding hydrogens is 250 g/mol. The summed E-state index contributed by atoms with van der Waals surface area (Å²) >= 11 is 5.68. The molecule has 0 atom stereocenters. The van der Waals surface area contributed by atoms with Gasteiger partial charge in [0.2, 0.25) is 10.0 Å². The Labute approximate surface area is 101 Å². The van der Waals surface area contributed by atoms with Gasteiger partial charge < -0.3 is 0 Å². The highest BCUT2D eigenvalue weighted by Gasteiger charge is 2.08. The van der Waals surface area contributed by atoms with Gasteiger partial charge in [-0.25, -0.2) is 13.1 Å². The Morgan fingerprint density at radius 2 is 2.31 bits per heavy atom. The summed E-state index contributed by atoms with van der Waals surface area (Å²) in [4.78, 5) is 0. The minimum atomic E-state index is -3.13. The summed E-state index contributed by atoms with van der Waals surface area (Å²) in [6, 6.07) is 0. The molecule has 0 aliphatic carbocycles. The highest BCUT2D eigenvalue weighted by atomic mass is 35.5. The molecule has 0 radical (unpaired) electrons. The van der Waals surface area contributed by atoms with Crippen molar-refractivity contribution in [3.8, 4) is 0 Å². The zero-order valence-corrected chi connectivity index (χ0v) is 10.8. The Hall–Kier alpha value is -0.590. The van der Waals surface area contributed by atoms with Gasteiger partial charge in [0.25, 0.3) is 0 Å². The number of rotatable bonds is 7. The van der Waals surface area contributed by atoms with Crippen LogP contribution in [0.1, 0.15) is 19.8 Å². The molecule has 7 heteroatoms. The summed E-state index contributed by atoms with van der Waals surface area (Å²) in [5, 5.41) is 4.50. The van der Waals surface area contributed by atoms with Crippen LogP contribution in [0.15, 0.2) is 12.4 Å². The van der Waals surface area contributed by atoms with Gasteiger partial charge >= 0.3 is 0 Å². The molecule has 0 bridgehead atoms. The van der Waals surface area contributed by atoms with Crippen molar-refractivity contribution in [2.45, 2.75) is 26.3 Å². The molecule has 92 valence electrons. The summed E-state index contributed by atoms with van der Waals surface area (Å²) < 4.78 is 27.0. The van der Waals surface area contributed by atoms with Crippen molar-refractivity contribution < 1.29 is 8.42 Å². The van der Waals surface area contributed by atoms with E-state index in [1.165, 1.54) is 6.20 Å². The van der Waals surface area contributed by atoms with E-state index in [-0.39, 0.29) is 5.75 Å². The molecule has 1 N–H and O–H groups in total. The normalized spacial score (nSPS) is 11.9. The number of unbranched alkanes of at least 4 members (excludes halogenated alkanes) is 1. The molecule has 0 aliphatic heterocycles. The molecule has 0 spiro atoms. The molecule has 1 aromatic rings. The fourth-order valence-corrected chi connectivity index (χ4v) is 2.55. The van der Waals surface area contributed by atoms with E-state index < -0.39 is 10.0 Å². The topological polar surface area (TPSA) is 64.0 Å². The van der Waals surface area contributed by atoms with E-state index in [0.717, 1.165) is 6.42 Å². The molecule has 0 aromatic carbocycles. The first kappa shape index (κ1) is 13.5. The maximum atomic E-state index is 11.4. The zero-order chi connectivity index (χ0) is 12.0. The van der Waals surface area contributed by atoms with Crippen molar-refractivity contribution in [1.82, 2.24) is 14.5 Å². The molecule has 0 unspecified atom stereocenters. The lowest BCUT2D eigenvalue weighted by Crippen LogP contribution is -2.29. The van der Waals surface area contributed by atoms with Crippen LogP contribution in [0.25, 0.3) is 0 Å². The number of nitrogens with one attached hydrogen (secondary N) is 1. The number of aromatic nitrogens is 2. The van der Waals surface area contributed by atoms with Crippen LogP contribution in [-0.2, 0) is 16.6 Å². The number of sulfonamides is 1. The van der Waals surface area contributed by atoms with Crippen LogP contribution in [0.3, 0.4) is 0 Å². The van der Waals surface area contributed by atoms with E-state index in [2.05, 4.69) is 9.82 Å². The van der Waals surface area contributed by atoms with Crippen LogP contribution in [0.5, 0.6) is 0 Å². The number of hydrogen-bond acceptors (Lipinski definition) is 3. The second-order valence-corrected chi connectivity index (χ2v) is 5.85. The van der Waals surface area contributed by atoms with E-state index in [1.807, 2.05) is 6.92 Å². The second kappa shape index (κ2) is 6.22. The molecule has 1 rings (SSSR count). The summed E-state index contributed by atoms with van der Waals surface area (Å²) in [6.45, 7) is 2.78. The molecule has 1 heterocycles. The van der Waals surface area contributed by atoms with Gasteiger partial charge in [-0.15, -0.1) is 0 Å². The Balaban J connectivity index is 2.29. The van der Waals surface area contributed by atoms with Gasteiger partial charge in [0, 0.05) is 12.7 Å². The van der Waals surface area contributed by atoms with Gasteiger partial charge in [0.15, 0.2) is 0 Å². The summed E-state index contributed by atoms with van der Waals surface area (Å²) in [7, 11) is -3.13. The van der Waals surface area contributed by atoms with Gasteiger partial charge in [-0.05, 0) is 6.42 Å². The third kappa shape index (κ3) is 4.96. The fraction of sp³-hybridized carbons (Fsp3) is 0.667. The molecular formula is C9H16ClN3O2S. The SMILES string of the molecule is CCCCS(=O)(=O)NCCn1cc(Cl)cn1. The average Bonchev–Trinajstić information content (AvgIpc) is 2.61. The van der Waals surface area contributed by atoms with Gasteiger partial charge in [-0.1, -0.05) is 24.9 Å². The first-order chi connectivity index (χ1) is 7.53. The molecule has 1 aromatic heterocycles. The zero-order valence-electron chi connectivity index (χ0n) is 9.19. The third-order valence-corrected chi connectivity index (χ3v) is 3.70. The largest absolute Gasteiger partial charge is 0.270 e. The van der Waals surface area contributed by atoms with Gasteiger partial charge in [0.1, 0.15) is 0 Å². The molecule has 16 heavy (non-hydrogen) atoms. The van der Waals surface area contributed by atoms with Crippen molar-refractivity contribution in [3.05, 3.63) is 17.4 Å². The summed E-state index contributed by atoms with van der Waals surface area (Å²) in [5.74, 6) is 0.184.